The first-order valence-corrected chi connectivity index (χ1v) is 5.50. The lowest BCUT2D eigenvalue weighted by molar-refractivity contribution is 0.0692. The van der Waals surface area contributed by atoms with Crippen molar-refractivity contribution in [1.29, 1.82) is 0 Å². The Morgan fingerprint density at radius 3 is 2.50 bits per heavy atom. The Labute approximate surface area is 83.2 Å². The molecular formula is C6H4ClNO5S. The van der Waals surface area contributed by atoms with Gasteiger partial charge in [-0.3, -0.25) is 0 Å². The average molecular weight is 238 g/mol. The van der Waals surface area contributed by atoms with E-state index in [9.17, 15) is 13.2 Å². The van der Waals surface area contributed by atoms with E-state index in [1.54, 1.807) is 0 Å². The summed E-state index contributed by atoms with van der Waals surface area (Å²) in [5, 5.41) is 17.5. The minimum absolute atomic E-state index is 0.477. The molecule has 0 aromatic carbocycles. The SMILES string of the molecule is O=C(O)c1cc(S(=O)(=O)Cl)cnc1O. The summed E-state index contributed by atoms with van der Waals surface area (Å²) < 4.78 is 21.5. The Morgan fingerprint density at radius 1 is 1.50 bits per heavy atom. The van der Waals surface area contributed by atoms with Crippen LogP contribution in [0.3, 0.4) is 0 Å². The highest BCUT2D eigenvalue weighted by atomic mass is 35.7. The molecule has 0 saturated carbocycles. The molecule has 0 spiro atoms. The molecule has 1 rings (SSSR count). The molecule has 0 aliphatic rings. The molecule has 0 aliphatic heterocycles. The number of aromatic hydroxyl groups is 1. The van der Waals surface area contributed by atoms with Crippen LogP contribution in [0.5, 0.6) is 5.88 Å². The van der Waals surface area contributed by atoms with Crippen molar-refractivity contribution in [2.24, 2.45) is 0 Å². The van der Waals surface area contributed by atoms with E-state index < -0.39 is 31.4 Å². The summed E-state index contributed by atoms with van der Waals surface area (Å²) in [5.41, 5.74) is -0.619. The normalized spacial score (nSPS) is 11.2. The van der Waals surface area contributed by atoms with Gasteiger partial charge in [0.25, 0.3) is 9.05 Å². The second kappa shape index (κ2) is 3.43. The summed E-state index contributed by atoms with van der Waals surface area (Å²) in [4.78, 5) is 13.2. The Balaban J connectivity index is 3.42. The highest BCUT2D eigenvalue weighted by molar-refractivity contribution is 8.13. The van der Waals surface area contributed by atoms with Crippen molar-refractivity contribution < 1.29 is 23.4 Å². The smallest absolute Gasteiger partial charge is 0.341 e. The van der Waals surface area contributed by atoms with Crippen LogP contribution < -0.4 is 0 Å². The second-order valence-electron chi connectivity index (χ2n) is 2.29. The maximum absolute atomic E-state index is 10.8. The van der Waals surface area contributed by atoms with Crippen LogP contribution >= 0.6 is 10.7 Å². The number of carboxylic acids is 1. The van der Waals surface area contributed by atoms with Crippen LogP contribution in [0.25, 0.3) is 0 Å². The Kier molecular flexibility index (Phi) is 2.63. The fraction of sp³-hybridized carbons (Fsp3) is 0. The fourth-order valence-electron chi connectivity index (χ4n) is 0.729. The molecule has 2 N–H and O–H groups in total. The zero-order chi connectivity index (χ0) is 10.9. The third kappa shape index (κ3) is 2.12. The first-order chi connectivity index (χ1) is 6.32. The molecule has 0 amide bonds. The van der Waals surface area contributed by atoms with Gasteiger partial charge in [0, 0.05) is 10.7 Å². The molecule has 0 atom stereocenters. The first-order valence-electron chi connectivity index (χ1n) is 3.19. The molecule has 8 heteroatoms. The Morgan fingerprint density at radius 2 is 2.07 bits per heavy atom. The van der Waals surface area contributed by atoms with E-state index >= 15 is 0 Å². The quantitative estimate of drug-likeness (QED) is 0.722. The number of carbonyl (C=O) groups is 1. The van der Waals surface area contributed by atoms with Crippen molar-refractivity contribution in [3.63, 3.8) is 0 Å². The maximum atomic E-state index is 10.8. The predicted octanol–water partition coefficient (Wildman–Crippen LogP) is 0.413. The number of aromatic carboxylic acids is 1. The number of aromatic nitrogens is 1. The molecule has 1 aromatic heterocycles. The first kappa shape index (κ1) is 10.7. The van der Waals surface area contributed by atoms with Gasteiger partial charge in [-0.2, -0.15) is 0 Å². The summed E-state index contributed by atoms with van der Waals surface area (Å²) in [6.45, 7) is 0. The van der Waals surface area contributed by atoms with Gasteiger partial charge in [-0.1, -0.05) is 0 Å². The molecule has 1 heterocycles. The number of nitrogens with zero attached hydrogens (tertiary/aromatic N) is 1. The number of hydrogen-bond acceptors (Lipinski definition) is 5. The van der Waals surface area contributed by atoms with E-state index in [1.807, 2.05) is 0 Å². The summed E-state index contributed by atoms with van der Waals surface area (Å²) in [5.74, 6) is -2.25. The lowest BCUT2D eigenvalue weighted by atomic mass is 10.3. The second-order valence-corrected chi connectivity index (χ2v) is 4.85. The van der Waals surface area contributed by atoms with Gasteiger partial charge in [0.1, 0.15) is 10.5 Å². The number of carboxylic acid groups (broad SMARTS) is 1. The standard InChI is InChI=1S/C6H4ClNO5S/c7-14(12,13)3-1-4(6(10)11)5(9)8-2-3/h1-2H,(H,8,9)(H,10,11). The summed E-state index contributed by atoms with van der Waals surface area (Å²) in [6, 6.07) is 0.729. The Bertz CT molecular complexity index is 483. The van der Waals surface area contributed by atoms with E-state index in [4.69, 9.17) is 20.9 Å². The molecule has 0 unspecified atom stereocenters. The van der Waals surface area contributed by atoms with Crippen molar-refractivity contribution >= 4 is 25.7 Å². The summed E-state index contributed by atoms with van der Waals surface area (Å²) >= 11 is 0. The molecule has 0 radical (unpaired) electrons. The molecular weight excluding hydrogens is 234 g/mol. The maximum Gasteiger partial charge on any atom is 0.341 e. The zero-order valence-electron chi connectivity index (χ0n) is 6.51. The van der Waals surface area contributed by atoms with E-state index in [1.165, 1.54) is 0 Å². The van der Waals surface area contributed by atoms with Crippen molar-refractivity contribution in [2.45, 2.75) is 4.90 Å². The van der Waals surface area contributed by atoms with Crippen LogP contribution in [0, 0.1) is 0 Å². The van der Waals surface area contributed by atoms with Gasteiger partial charge < -0.3 is 10.2 Å². The van der Waals surface area contributed by atoms with Gasteiger partial charge in [-0.05, 0) is 6.07 Å². The molecule has 1 aromatic rings. The average Bonchev–Trinajstić information content (AvgIpc) is 2.02. The fourth-order valence-corrected chi connectivity index (χ4v) is 1.42. The van der Waals surface area contributed by atoms with Gasteiger partial charge in [-0.15, -0.1) is 0 Å². The largest absolute Gasteiger partial charge is 0.493 e. The molecule has 0 aliphatic carbocycles. The van der Waals surface area contributed by atoms with Crippen molar-refractivity contribution in [3.8, 4) is 5.88 Å². The number of rotatable bonds is 2. The van der Waals surface area contributed by atoms with Crippen molar-refractivity contribution in [3.05, 3.63) is 17.8 Å². The van der Waals surface area contributed by atoms with Crippen LogP contribution in [-0.4, -0.2) is 29.6 Å². The van der Waals surface area contributed by atoms with Gasteiger partial charge >= 0.3 is 5.97 Å². The van der Waals surface area contributed by atoms with Crippen LogP contribution in [0.4, 0.5) is 0 Å². The molecule has 0 fully saturated rings. The number of hydrogen-bond donors (Lipinski definition) is 2. The van der Waals surface area contributed by atoms with Crippen LogP contribution in [0.1, 0.15) is 10.4 Å². The van der Waals surface area contributed by atoms with Crippen LogP contribution in [0.15, 0.2) is 17.2 Å². The monoisotopic (exact) mass is 237 g/mol. The van der Waals surface area contributed by atoms with Gasteiger partial charge in [0.05, 0.1) is 6.20 Å². The lowest BCUT2D eigenvalue weighted by Gasteiger charge is -1.99. The minimum Gasteiger partial charge on any atom is -0.493 e. The third-order valence-corrected chi connectivity index (χ3v) is 2.67. The molecule has 76 valence electrons. The third-order valence-electron chi connectivity index (χ3n) is 1.35. The topological polar surface area (TPSA) is 105 Å². The van der Waals surface area contributed by atoms with E-state index in [0.717, 1.165) is 12.3 Å². The zero-order valence-corrected chi connectivity index (χ0v) is 8.08. The molecule has 6 nitrogen and oxygen atoms in total. The van der Waals surface area contributed by atoms with E-state index in [0.29, 0.717) is 0 Å². The van der Waals surface area contributed by atoms with Crippen LogP contribution in [-0.2, 0) is 9.05 Å². The number of pyridine rings is 1. The molecule has 0 bridgehead atoms. The van der Waals surface area contributed by atoms with Gasteiger partial charge in [0.2, 0.25) is 5.88 Å². The lowest BCUT2D eigenvalue weighted by Crippen LogP contribution is -2.01. The highest BCUT2D eigenvalue weighted by Crippen LogP contribution is 2.20. The Hall–Kier alpha value is -1.34. The minimum atomic E-state index is -4.04. The van der Waals surface area contributed by atoms with Gasteiger partial charge in [0.15, 0.2) is 0 Å². The van der Waals surface area contributed by atoms with Crippen molar-refractivity contribution in [1.82, 2.24) is 4.98 Å². The highest BCUT2D eigenvalue weighted by Gasteiger charge is 2.17. The van der Waals surface area contributed by atoms with Gasteiger partial charge in [-0.25, -0.2) is 18.2 Å². The van der Waals surface area contributed by atoms with E-state index in [2.05, 4.69) is 4.98 Å². The number of halogens is 1. The summed E-state index contributed by atoms with van der Waals surface area (Å²) in [6.07, 6.45) is 0.768. The van der Waals surface area contributed by atoms with Crippen LogP contribution in [0.2, 0.25) is 0 Å². The summed E-state index contributed by atoms with van der Waals surface area (Å²) in [7, 11) is 0.905. The van der Waals surface area contributed by atoms with E-state index in [-0.39, 0.29) is 0 Å². The van der Waals surface area contributed by atoms with Crippen molar-refractivity contribution in [2.75, 3.05) is 0 Å². The molecule has 0 saturated heterocycles. The predicted molar refractivity (Wildman–Crippen MR) is 45.9 cm³/mol. The molecule has 14 heavy (non-hydrogen) atoms.